The second kappa shape index (κ2) is 5.55. The Morgan fingerprint density at radius 1 is 1.40 bits per heavy atom. The highest BCUT2D eigenvalue weighted by Crippen LogP contribution is 1.99. The van der Waals surface area contributed by atoms with E-state index in [0.717, 1.165) is 0 Å². The van der Waals surface area contributed by atoms with Crippen molar-refractivity contribution in [2.75, 3.05) is 7.05 Å². The highest BCUT2D eigenvalue weighted by Gasteiger charge is 2.19. The van der Waals surface area contributed by atoms with Gasteiger partial charge in [-0.05, 0) is 27.7 Å². The molecule has 0 aromatic carbocycles. The van der Waals surface area contributed by atoms with E-state index < -0.39 is 0 Å². The van der Waals surface area contributed by atoms with Crippen LogP contribution in [0, 0.1) is 0 Å². The molecule has 0 spiro atoms. The second-order valence-electron chi connectivity index (χ2n) is 4.32. The Labute approximate surface area is 90.7 Å². The smallest absolute Gasteiger partial charge is 0.242 e. The number of nitrogens with zero attached hydrogens (tertiary/aromatic N) is 1. The molecule has 0 heterocycles. The topological polar surface area (TPSA) is 91.5 Å². The lowest BCUT2D eigenvalue weighted by Crippen LogP contribution is -2.54. The fourth-order valence-electron chi connectivity index (χ4n) is 0.919. The van der Waals surface area contributed by atoms with Gasteiger partial charge in [0, 0.05) is 12.6 Å². The van der Waals surface area contributed by atoms with Crippen LogP contribution in [0.4, 0.5) is 0 Å². The van der Waals surface area contributed by atoms with Crippen LogP contribution in [-0.2, 0) is 4.79 Å². The Bertz CT molecular complexity index is 243. The summed E-state index contributed by atoms with van der Waals surface area (Å²) in [4.78, 5) is 15.4. The molecule has 0 bridgehead atoms. The normalized spacial score (nSPS) is 14.4. The summed E-state index contributed by atoms with van der Waals surface area (Å²) in [6, 6.07) is -0.390. The number of guanidine groups is 1. The third-order valence-electron chi connectivity index (χ3n) is 1.61. The van der Waals surface area contributed by atoms with Gasteiger partial charge in [-0.2, -0.15) is 0 Å². The van der Waals surface area contributed by atoms with Gasteiger partial charge in [0.25, 0.3) is 0 Å². The fraction of sp³-hybridized carbons (Fsp3) is 0.778. The molecule has 15 heavy (non-hydrogen) atoms. The molecule has 0 rings (SSSR count). The summed E-state index contributed by atoms with van der Waals surface area (Å²) in [5.74, 6) is 5.47. The van der Waals surface area contributed by atoms with E-state index in [1.165, 1.54) is 0 Å². The number of carbonyl (C=O) groups excluding carboxylic acids is 1. The average Bonchev–Trinajstić information content (AvgIpc) is 2.10. The highest BCUT2D eigenvalue weighted by molar-refractivity contribution is 5.88. The molecule has 0 aliphatic rings. The SMILES string of the molecule is CN=C(NN)NC(C)C(=O)NC(C)(C)C. The zero-order valence-electron chi connectivity index (χ0n) is 10.0. The van der Waals surface area contributed by atoms with Gasteiger partial charge in [0.15, 0.2) is 0 Å². The van der Waals surface area contributed by atoms with Gasteiger partial charge >= 0.3 is 0 Å². The maximum Gasteiger partial charge on any atom is 0.242 e. The minimum atomic E-state index is -0.390. The number of hydrazine groups is 1. The van der Waals surface area contributed by atoms with Crippen molar-refractivity contribution in [3.63, 3.8) is 0 Å². The number of aliphatic imine (C=N–C) groups is 1. The number of hydrogen-bond acceptors (Lipinski definition) is 3. The second-order valence-corrected chi connectivity index (χ2v) is 4.32. The predicted octanol–water partition coefficient (Wildman–Crippen LogP) is -0.672. The molecular weight excluding hydrogens is 194 g/mol. The lowest BCUT2D eigenvalue weighted by atomic mass is 10.1. The first-order chi connectivity index (χ1) is 6.80. The summed E-state index contributed by atoms with van der Waals surface area (Å²) in [6.45, 7) is 7.51. The van der Waals surface area contributed by atoms with Crippen LogP contribution in [0.25, 0.3) is 0 Å². The van der Waals surface area contributed by atoms with Gasteiger partial charge in [-0.1, -0.05) is 0 Å². The van der Waals surface area contributed by atoms with Crippen LogP contribution in [0.1, 0.15) is 27.7 Å². The summed E-state index contributed by atoms with van der Waals surface area (Å²) in [5.41, 5.74) is 2.12. The molecule has 5 N–H and O–H groups in total. The minimum absolute atomic E-state index is 0.0982. The number of amides is 1. The number of hydrogen-bond donors (Lipinski definition) is 4. The maximum atomic E-state index is 11.6. The molecule has 0 aliphatic heterocycles. The summed E-state index contributed by atoms with van der Waals surface area (Å²) < 4.78 is 0. The lowest BCUT2D eigenvalue weighted by molar-refractivity contribution is -0.123. The Kier molecular flexibility index (Phi) is 5.07. The van der Waals surface area contributed by atoms with Crippen LogP contribution in [0.3, 0.4) is 0 Å². The molecule has 0 aromatic heterocycles. The summed E-state index contributed by atoms with van der Waals surface area (Å²) in [6.07, 6.45) is 0. The zero-order valence-corrected chi connectivity index (χ0v) is 10.0. The quantitative estimate of drug-likeness (QED) is 0.213. The van der Waals surface area contributed by atoms with Crippen molar-refractivity contribution in [3.05, 3.63) is 0 Å². The van der Waals surface area contributed by atoms with Crippen LogP contribution in [0.5, 0.6) is 0 Å². The molecule has 1 amide bonds. The standard InChI is InChI=1S/C9H21N5O/c1-6(12-8(11-5)14-10)7(15)13-9(2,3)4/h6H,10H2,1-5H3,(H,13,15)(H2,11,12,14). The van der Waals surface area contributed by atoms with E-state index in [0.29, 0.717) is 5.96 Å². The van der Waals surface area contributed by atoms with Crippen molar-refractivity contribution in [2.24, 2.45) is 10.8 Å². The molecule has 0 saturated carbocycles. The summed E-state index contributed by atoms with van der Waals surface area (Å²) in [5, 5.41) is 5.69. The molecule has 0 radical (unpaired) electrons. The first-order valence-corrected chi connectivity index (χ1v) is 4.82. The van der Waals surface area contributed by atoms with Gasteiger partial charge in [-0.3, -0.25) is 15.2 Å². The van der Waals surface area contributed by atoms with Crippen LogP contribution in [-0.4, -0.2) is 30.5 Å². The molecule has 0 aromatic rings. The third kappa shape index (κ3) is 5.90. The van der Waals surface area contributed by atoms with Gasteiger partial charge in [-0.25, -0.2) is 5.84 Å². The molecule has 0 aliphatic carbocycles. The van der Waals surface area contributed by atoms with Crippen molar-refractivity contribution < 1.29 is 4.79 Å². The molecular formula is C9H21N5O. The number of carbonyl (C=O) groups is 1. The fourth-order valence-corrected chi connectivity index (χ4v) is 0.919. The van der Waals surface area contributed by atoms with Crippen LogP contribution < -0.4 is 21.9 Å². The number of nitrogens with one attached hydrogen (secondary N) is 3. The Balaban J connectivity index is 4.22. The van der Waals surface area contributed by atoms with E-state index in [1.54, 1.807) is 14.0 Å². The Morgan fingerprint density at radius 2 is 1.93 bits per heavy atom. The summed E-state index contributed by atoms with van der Waals surface area (Å²) >= 11 is 0. The zero-order chi connectivity index (χ0) is 12.1. The first-order valence-electron chi connectivity index (χ1n) is 4.82. The maximum absolute atomic E-state index is 11.6. The van der Waals surface area contributed by atoms with E-state index in [-0.39, 0.29) is 17.5 Å². The van der Waals surface area contributed by atoms with E-state index in [2.05, 4.69) is 21.1 Å². The minimum Gasteiger partial charge on any atom is -0.350 e. The van der Waals surface area contributed by atoms with Gasteiger partial charge < -0.3 is 10.6 Å². The highest BCUT2D eigenvalue weighted by atomic mass is 16.2. The Morgan fingerprint density at radius 3 is 2.27 bits per heavy atom. The average molecular weight is 215 g/mol. The molecule has 1 atom stereocenters. The molecule has 0 saturated heterocycles. The first kappa shape index (κ1) is 13.7. The van der Waals surface area contributed by atoms with E-state index in [9.17, 15) is 4.79 Å². The molecule has 1 unspecified atom stereocenters. The molecule has 0 fully saturated rings. The van der Waals surface area contributed by atoms with Crippen LogP contribution in [0.15, 0.2) is 4.99 Å². The van der Waals surface area contributed by atoms with Gasteiger partial charge in [0.05, 0.1) is 0 Å². The predicted molar refractivity (Wildman–Crippen MR) is 61.2 cm³/mol. The van der Waals surface area contributed by atoms with E-state index in [4.69, 9.17) is 5.84 Å². The number of nitrogens with two attached hydrogens (primary N) is 1. The monoisotopic (exact) mass is 215 g/mol. The van der Waals surface area contributed by atoms with Crippen molar-refractivity contribution in [1.82, 2.24) is 16.1 Å². The van der Waals surface area contributed by atoms with Crippen LogP contribution in [0.2, 0.25) is 0 Å². The molecule has 6 nitrogen and oxygen atoms in total. The third-order valence-corrected chi connectivity index (χ3v) is 1.61. The molecule has 6 heteroatoms. The number of rotatable bonds is 2. The van der Waals surface area contributed by atoms with Crippen molar-refractivity contribution in [3.8, 4) is 0 Å². The van der Waals surface area contributed by atoms with Gasteiger partial charge in [0.2, 0.25) is 11.9 Å². The largest absolute Gasteiger partial charge is 0.350 e. The van der Waals surface area contributed by atoms with E-state index in [1.807, 2.05) is 20.8 Å². The van der Waals surface area contributed by atoms with Gasteiger partial charge in [0.1, 0.15) is 6.04 Å². The van der Waals surface area contributed by atoms with E-state index >= 15 is 0 Å². The lowest BCUT2D eigenvalue weighted by Gasteiger charge is -2.24. The van der Waals surface area contributed by atoms with Crippen molar-refractivity contribution in [2.45, 2.75) is 39.3 Å². The van der Waals surface area contributed by atoms with Gasteiger partial charge in [-0.15, -0.1) is 0 Å². The van der Waals surface area contributed by atoms with Crippen molar-refractivity contribution >= 4 is 11.9 Å². The van der Waals surface area contributed by atoms with Crippen LogP contribution >= 0.6 is 0 Å². The Hall–Kier alpha value is -1.30. The summed E-state index contributed by atoms with van der Waals surface area (Å²) in [7, 11) is 1.58. The van der Waals surface area contributed by atoms with Crippen molar-refractivity contribution in [1.29, 1.82) is 0 Å². The molecule has 88 valence electrons.